The van der Waals surface area contributed by atoms with Crippen LogP contribution in [-0.4, -0.2) is 16.8 Å². The summed E-state index contributed by atoms with van der Waals surface area (Å²) in [4.78, 5) is 2.24. The number of alkyl halides is 1. The van der Waals surface area contributed by atoms with E-state index < -0.39 is 0 Å². The van der Waals surface area contributed by atoms with E-state index in [0.29, 0.717) is 0 Å². The van der Waals surface area contributed by atoms with Crippen molar-refractivity contribution >= 4 is 21.6 Å². The van der Waals surface area contributed by atoms with Gasteiger partial charge in [0, 0.05) is 43.4 Å². The van der Waals surface area contributed by atoms with Crippen molar-refractivity contribution in [2.45, 2.75) is 18.8 Å². The molecule has 2 rings (SSSR count). The Kier molecular flexibility index (Phi) is 4.07. The molecular weight excluding hydrogens is 290 g/mol. The van der Waals surface area contributed by atoms with Crippen LogP contribution in [0.2, 0.25) is 0 Å². The van der Waals surface area contributed by atoms with Gasteiger partial charge in [-0.05, 0) is 30.2 Å². The second-order valence-corrected chi connectivity index (χ2v) is 5.18. The molecule has 0 radical (unpaired) electrons. The minimum absolute atomic E-state index is 0.876. The van der Waals surface area contributed by atoms with E-state index in [-0.39, 0.29) is 0 Å². The summed E-state index contributed by atoms with van der Waals surface area (Å²) in [5.41, 5.74) is 5.12. The Morgan fingerprint density at radius 2 is 2.17 bits per heavy atom. The molecule has 0 bridgehead atoms. The van der Waals surface area contributed by atoms with Crippen LogP contribution in [0.15, 0.2) is 30.6 Å². The number of aromatic nitrogens is 2. The highest BCUT2D eigenvalue weighted by atomic mass is 79.9. The second-order valence-electron chi connectivity index (χ2n) is 4.62. The van der Waals surface area contributed by atoms with Gasteiger partial charge >= 0.3 is 0 Å². The monoisotopic (exact) mass is 307 g/mol. The highest BCUT2D eigenvalue weighted by molar-refractivity contribution is 9.08. The highest BCUT2D eigenvalue weighted by Gasteiger charge is 2.05. The molecule has 1 aromatic carbocycles. The lowest BCUT2D eigenvalue weighted by Gasteiger charge is -2.19. The fourth-order valence-corrected chi connectivity index (χ4v) is 2.62. The predicted molar refractivity (Wildman–Crippen MR) is 79.1 cm³/mol. The molecule has 0 atom stereocenters. The second kappa shape index (κ2) is 5.57. The van der Waals surface area contributed by atoms with Gasteiger partial charge in [-0.3, -0.25) is 4.68 Å². The maximum atomic E-state index is 4.19. The standard InChI is InChI=1S/C14H18BrN3/c1-11-6-14(5-4-13(11)7-15)17(2)9-12-8-16-18(3)10-12/h4-6,8,10H,7,9H2,1-3H3. The lowest BCUT2D eigenvalue weighted by atomic mass is 10.1. The zero-order valence-corrected chi connectivity index (χ0v) is 12.6. The van der Waals surface area contributed by atoms with Gasteiger partial charge in [-0.1, -0.05) is 22.0 Å². The van der Waals surface area contributed by atoms with Crippen molar-refractivity contribution < 1.29 is 0 Å². The van der Waals surface area contributed by atoms with Crippen LogP contribution in [0.25, 0.3) is 0 Å². The van der Waals surface area contributed by atoms with Crippen molar-refractivity contribution in [2.75, 3.05) is 11.9 Å². The van der Waals surface area contributed by atoms with Crippen LogP contribution in [-0.2, 0) is 18.9 Å². The molecule has 1 aromatic heterocycles. The van der Waals surface area contributed by atoms with Gasteiger partial charge in [0.2, 0.25) is 0 Å². The van der Waals surface area contributed by atoms with E-state index in [1.165, 1.54) is 22.4 Å². The van der Waals surface area contributed by atoms with Crippen LogP contribution in [0.5, 0.6) is 0 Å². The van der Waals surface area contributed by atoms with Crippen LogP contribution in [0.1, 0.15) is 16.7 Å². The molecule has 96 valence electrons. The minimum atomic E-state index is 0.876. The van der Waals surface area contributed by atoms with Gasteiger partial charge < -0.3 is 4.90 Å². The summed E-state index contributed by atoms with van der Waals surface area (Å²) >= 11 is 3.50. The third kappa shape index (κ3) is 2.93. The Morgan fingerprint density at radius 1 is 1.39 bits per heavy atom. The van der Waals surface area contributed by atoms with Crippen LogP contribution in [0.4, 0.5) is 5.69 Å². The molecule has 2 aromatic rings. The van der Waals surface area contributed by atoms with Crippen LogP contribution in [0, 0.1) is 6.92 Å². The molecule has 0 saturated heterocycles. The van der Waals surface area contributed by atoms with Crippen LogP contribution in [0.3, 0.4) is 0 Å². The van der Waals surface area contributed by atoms with Gasteiger partial charge in [-0.25, -0.2) is 0 Å². The number of anilines is 1. The smallest absolute Gasteiger partial charge is 0.0539 e. The van der Waals surface area contributed by atoms with E-state index in [9.17, 15) is 0 Å². The zero-order chi connectivity index (χ0) is 13.1. The van der Waals surface area contributed by atoms with Gasteiger partial charge in [-0.2, -0.15) is 5.10 Å². The van der Waals surface area contributed by atoms with Gasteiger partial charge in [0.1, 0.15) is 0 Å². The summed E-state index contributed by atoms with van der Waals surface area (Å²) in [6.45, 7) is 3.03. The topological polar surface area (TPSA) is 21.1 Å². The fourth-order valence-electron chi connectivity index (χ4n) is 1.99. The highest BCUT2D eigenvalue weighted by Crippen LogP contribution is 2.21. The van der Waals surface area contributed by atoms with E-state index in [1.807, 2.05) is 17.9 Å². The Labute approximate surface area is 117 Å². The summed E-state index contributed by atoms with van der Waals surface area (Å²) < 4.78 is 1.84. The van der Waals surface area contributed by atoms with E-state index >= 15 is 0 Å². The van der Waals surface area contributed by atoms with Crippen LogP contribution < -0.4 is 4.90 Å². The molecule has 0 saturated carbocycles. The Balaban J connectivity index is 2.13. The molecule has 0 amide bonds. The van der Waals surface area contributed by atoms with Crippen molar-refractivity contribution in [1.82, 2.24) is 9.78 Å². The average Bonchev–Trinajstić information content (AvgIpc) is 2.74. The van der Waals surface area contributed by atoms with Gasteiger partial charge in [-0.15, -0.1) is 0 Å². The Bertz CT molecular complexity index is 534. The maximum absolute atomic E-state index is 4.19. The van der Waals surface area contributed by atoms with Gasteiger partial charge in [0.15, 0.2) is 0 Å². The molecule has 0 aliphatic heterocycles. The summed E-state index contributed by atoms with van der Waals surface area (Å²) in [7, 11) is 4.05. The summed E-state index contributed by atoms with van der Waals surface area (Å²) in [6, 6.07) is 6.58. The molecule has 3 nitrogen and oxygen atoms in total. The number of hydrogen-bond donors (Lipinski definition) is 0. The van der Waals surface area contributed by atoms with Crippen molar-refractivity contribution in [3.8, 4) is 0 Å². The zero-order valence-electron chi connectivity index (χ0n) is 11.0. The molecule has 18 heavy (non-hydrogen) atoms. The number of halogens is 1. The number of hydrogen-bond acceptors (Lipinski definition) is 2. The van der Waals surface area contributed by atoms with E-state index in [4.69, 9.17) is 0 Å². The average molecular weight is 308 g/mol. The molecule has 1 heterocycles. The Morgan fingerprint density at radius 3 is 2.72 bits per heavy atom. The molecule has 0 unspecified atom stereocenters. The van der Waals surface area contributed by atoms with Crippen LogP contribution >= 0.6 is 15.9 Å². The fraction of sp³-hybridized carbons (Fsp3) is 0.357. The summed E-state index contributed by atoms with van der Waals surface area (Å²) in [5.74, 6) is 0. The minimum Gasteiger partial charge on any atom is -0.370 e. The normalized spacial score (nSPS) is 10.7. The number of aryl methyl sites for hydroxylation is 2. The van der Waals surface area contributed by atoms with E-state index in [1.54, 1.807) is 0 Å². The first kappa shape index (κ1) is 13.1. The first-order chi connectivity index (χ1) is 8.60. The number of benzene rings is 1. The Hall–Kier alpha value is -1.29. The van der Waals surface area contributed by atoms with Crippen molar-refractivity contribution in [2.24, 2.45) is 7.05 Å². The molecule has 4 heteroatoms. The van der Waals surface area contributed by atoms with Crippen molar-refractivity contribution in [1.29, 1.82) is 0 Å². The molecule has 0 N–H and O–H groups in total. The quantitative estimate of drug-likeness (QED) is 0.808. The first-order valence-corrected chi connectivity index (χ1v) is 7.06. The number of rotatable bonds is 4. The first-order valence-electron chi connectivity index (χ1n) is 5.94. The lowest BCUT2D eigenvalue weighted by Crippen LogP contribution is -2.16. The maximum Gasteiger partial charge on any atom is 0.0539 e. The van der Waals surface area contributed by atoms with Crippen molar-refractivity contribution in [3.63, 3.8) is 0 Å². The van der Waals surface area contributed by atoms with E-state index in [0.717, 1.165) is 11.9 Å². The summed E-state index contributed by atoms with van der Waals surface area (Å²) in [6.07, 6.45) is 3.96. The van der Waals surface area contributed by atoms with Crippen molar-refractivity contribution in [3.05, 3.63) is 47.3 Å². The molecule has 0 aliphatic rings. The van der Waals surface area contributed by atoms with Gasteiger partial charge in [0.05, 0.1) is 6.20 Å². The molecular formula is C14H18BrN3. The molecule has 0 fully saturated rings. The predicted octanol–water partition coefficient (Wildman–Crippen LogP) is 3.26. The lowest BCUT2D eigenvalue weighted by molar-refractivity contribution is 0.766. The third-order valence-electron chi connectivity index (χ3n) is 3.09. The number of nitrogens with zero attached hydrogens (tertiary/aromatic N) is 3. The third-order valence-corrected chi connectivity index (χ3v) is 3.69. The SMILES string of the molecule is Cc1cc(N(C)Cc2cnn(C)c2)ccc1CBr. The molecule has 0 aliphatic carbocycles. The summed E-state index contributed by atoms with van der Waals surface area (Å²) in [5, 5.41) is 5.10. The molecule has 0 spiro atoms. The largest absolute Gasteiger partial charge is 0.370 e. The van der Waals surface area contributed by atoms with Gasteiger partial charge in [0.25, 0.3) is 0 Å². The van der Waals surface area contributed by atoms with E-state index in [2.05, 4.69) is 64.3 Å².